The molecule has 0 bridgehead atoms. The summed E-state index contributed by atoms with van der Waals surface area (Å²) in [5, 5.41) is 0. The molecule has 1 fully saturated rings. The second-order valence-electron chi connectivity index (χ2n) is 3.27. The molecule has 0 heterocycles. The van der Waals surface area contributed by atoms with Gasteiger partial charge in [0.25, 0.3) is 0 Å². The highest BCUT2D eigenvalue weighted by molar-refractivity contribution is 4.83. The number of hydrogen-bond acceptors (Lipinski definition) is 0. The molecular formula is C9H15N. The van der Waals surface area contributed by atoms with E-state index in [9.17, 15) is 0 Å². The van der Waals surface area contributed by atoms with E-state index in [1.807, 2.05) is 0 Å². The average Bonchev–Trinajstić information content (AvgIpc) is 2.05. The van der Waals surface area contributed by atoms with E-state index in [0.29, 0.717) is 5.92 Å². The van der Waals surface area contributed by atoms with Crippen molar-refractivity contribution in [2.75, 3.05) is 0 Å². The van der Waals surface area contributed by atoms with E-state index in [2.05, 4.69) is 11.8 Å². The van der Waals surface area contributed by atoms with Gasteiger partial charge in [-0.3, -0.25) is 0 Å². The molecule has 56 valence electrons. The first-order valence-corrected chi connectivity index (χ1v) is 4.21. The van der Waals surface area contributed by atoms with Crippen molar-refractivity contribution in [2.45, 2.75) is 45.1 Å². The van der Waals surface area contributed by atoms with Gasteiger partial charge in [-0.05, 0) is 12.8 Å². The Balaban J connectivity index is 2.33. The van der Waals surface area contributed by atoms with Crippen LogP contribution in [0.4, 0.5) is 0 Å². The van der Waals surface area contributed by atoms with Crippen LogP contribution in [0.2, 0.25) is 0 Å². The summed E-state index contributed by atoms with van der Waals surface area (Å²) < 4.78 is 0. The molecule has 0 radical (unpaired) electrons. The molecule has 0 N–H and O–H groups in total. The lowest BCUT2D eigenvalue weighted by Gasteiger charge is -2.20. The maximum atomic E-state index is 6.87. The van der Waals surface area contributed by atoms with Crippen molar-refractivity contribution in [3.8, 4) is 0 Å². The minimum atomic E-state index is 0.278. The molecule has 0 aromatic heterocycles. The van der Waals surface area contributed by atoms with Gasteiger partial charge < -0.3 is 4.85 Å². The molecule has 1 nitrogen and oxygen atoms in total. The third-order valence-electron chi connectivity index (χ3n) is 2.54. The first-order valence-electron chi connectivity index (χ1n) is 4.21. The molecule has 1 aliphatic rings. The molecular weight excluding hydrogens is 122 g/mol. The Morgan fingerprint density at radius 1 is 1.30 bits per heavy atom. The van der Waals surface area contributed by atoms with Gasteiger partial charge in [0.05, 0.1) is 0 Å². The van der Waals surface area contributed by atoms with Crippen LogP contribution in [0.25, 0.3) is 4.85 Å². The Hall–Kier alpha value is -0.510. The maximum Gasteiger partial charge on any atom is 0.223 e. The highest BCUT2D eigenvalue weighted by Gasteiger charge is 2.22. The van der Waals surface area contributed by atoms with Gasteiger partial charge in [0.2, 0.25) is 6.04 Å². The lowest BCUT2D eigenvalue weighted by Crippen LogP contribution is -2.16. The van der Waals surface area contributed by atoms with Gasteiger partial charge in [-0.15, -0.1) is 0 Å². The number of nitrogens with zero attached hydrogens (tertiary/aromatic N) is 1. The van der Waals surface area contributed by atoms with E-state index < -0.39 is 0 Å². The van der Waals surface area contributed by atoms with Crippen molar-refractivity contribution < 1.29 is 0 Å². The zero-order valence-electron chi connectivity index (χ0n) is 6.64. The predicted molar refractivity (Wildman–Crippen MR) is 42.6 cm³/mol. The number of rotatable bonds is 1. The Morgan fingerprint density at radius 2 is 1.90 bits per heavy atom. The molecule has 0 aliphatic heterocycles. The van der Waals surface area contributed by atoms with Gasteiger partial charge in [-0.1, -0.05) is 19.3 Å². The van der Waals surface area contributed by atoms with Crippen LogP contribution in [-0.2, 0) is 0 Å². The van der Waals surface area contributed by atoms with Crippen molar-refractivity contribution in [2.24, 2.45) is 5.92 Å². The van der Waals surface area contributed by atoms with Gasteiger partial charge in [0, 0.05) is 12.8 Å². The highest BCUT2D eigenvalue weighted by Crippen LogP contribution is 2.27. The van der Waals surface area contributed by atoms with Gasteiger partial charge in [-0.25, -0.2) is 6.57 Å². The van der Waals surface area contributed by atoms with Crippen LogP contribution in [-0.4, -0.2) is 6.04 Å². The summed E-state index contributed by atoms with van der Waals surface area (Å²) in [4.78, 5) is 3.56. The largest absolute Gasteiger partial charge is 0.314 e. The zero-order chi connectivity index (χ0) is 7.40. The standard InChI is InChI=1S/C9H15N/c1-8(10-2)9-6-4-3-5-7-9/h8-9H,3-7H2,1H3. The van der Waals surface area contributed by atoms with Crippen molar-refractivity contribution >= 4 is 0 Å². The lowest BCUT2D eigenvalue weighted by atomic mass is 9.85. The van der Waals surface area contributed by atoms with E-state index in [1.165, 1.54) is 32.1 Å². The first-order chi connectivity index (χ1) is 4.84. The van der Waals surface area contributed by atoms with E-state index in [1.54, 1.807) is 0 Å². The van der Waals surface area contributed by atoms with Gasteiger partial charge in [-0.2, -0.15) is 0 Å². The number of hydrogen-bond donors (Lipinski definition) is 0. The van der Waals surface area contributed by atoms with Crippen LogP contribution in [0.5, 0.6) is 0 Å². The molecule has 0 spiro atoms. The molecule has 1 rings (SSSR count). The van der Waals surface area contributed by atoms with E-state index >= 15 is 0 Å². The molecule has 10 heavy (non-hydrogen) atoms. The fourth-order valence-corrected chi connectivity index (χ4v) is 1.72. The Morgan fingerprint density at radius 3 is 2.40 bits per heavy atom. The van der Waals surface area contributed by atoms with E-state index in [-0.39, 0.29) is 6.04 Å². The predicted octanol–water partition coefficient (Wildman–Crippen LogP) is 2.87. The maximum absolute atomic E-state index is 6.87. The third-order valence-corrected chi connectivity index (χ3v) is 2.54. The molecule has 0 saturated heterocycles. The van der Waals surface area contributed by atoms with Crippen molar-refractivity contribution in [3.63, 3.8) is 0 Å². The smallest absolute Gasteiger partial charge is 0.223 e. The SMILES string of the molecule is [C-]#[N+]C(C)C1CCCCC1. The van der Waals surface area contributed by atoms with Crippen LogP contribution >= 0.6 is 0 Å². The van der Waals surface area contributed by atoms with Gasteiger partial charge >= 0.3 is 0 Å². The lowest BCUT2D eigenvalue weighted by molar-refractivity contribution is 0.337. The van der Waals surface area contributed by atoms with Crippen molar-refractivity contribution in [1.82, 2.24) is 0 Å². The van der Waals surface area contributed by atoms with Gasteiger partial charge in [0.1, 0.15) is 0 Å². The Kier molecular flexibility index (Phi) is 2.74. The normalized spacial score (nSPS) is 23.6. The minimum Gasteiger partial charge on any atom is -0.314 e. The fraction of sp³-hybridized carbons (Fsp3) is 0.889. The molecule has 1 heteroatoms. The van der Waals surface area contributed by atoms with Crippen molar-refractivity contribution in [3.05, 3.63) is 11.4 Å². The third kappa shape index (κ3) is 1.73. The average molecular weight is 137 g/mol. The second-order valence-corrected chi connectivity index (χ2v) is 3.27. The topological polar surface area (TPSA) is 4.36 Å². The van der Waals surface area contributed by atoms with Crippen LogP contribution in [0.3, 0.4) is 0 Å². The summed E-state index contributed by atoms with van der Waals surface area (Å²) in [6, 6.07) is 0.278. The summed E-state index contributed by atoms with van der Waals surface area (Å²) in [6.07, 6.45) is 6.68. The van der Waals surface area contributed by atoms with Crippen LogP contribution in [0.1, 0.15) is 39.0 Å². The Bertz CT molecular complexity index is 128. The monoisotopic (exact) mass is 137 g/mol. The molecule has 1 saturated carbocycles. The Labute approximate surface area is 63.3 Å². The van der Waals surface area contributed by atoms with Gasteiger partial charge in [0.15, 0.2) is 0 Å². The summed E-state index contributed by atoms with van der Waals surface area (Å²) >= 11 is 0. The molecule has 1 unspecified atom stereocenters. The fourth-order valence-electron chi connectivity index (χ4n) is 1.72. The molecule has 0 aromatic carbocycles. The quantitative estimate of drug-likeness (QED) is 0.489. The van der Waals surface area contributed by atoms with E-state index in [0.717, 1.165) is 0 Å². The molecule has 1 aliphatic carbocycles. The molecule has 0 aromatic rings. The van der Waals surface area contributed by atoms with Crippen LogP contribution in [0, 0.1) is 12.5 Å². The highest BCUT2D eigenvalue weighted by atomic mass is 14.7. The van der Waals surface area contributed by atoms with Crippen molar-refractivity contribution in [1.29, 1.82) is 0 Å². The zero-order valence-corrected chi connectivity index (χ0v) is 6.64. The first kappa shape index (κ1) is 7.60. The summed E-state index contributed by atoms with van der Waals surface area (Å²) in [5.41, 5.74) is 0. The molecule has 0 amide bonds. The van der Waals surface area contributed by atoms with Crippen LogP contribution in [0.15, 0.2) is 0 Å². The second kappa shape index (κ2) is 3.61. The summed E-state index contributed by atoms with van der Waals surface area (Å²) in [7, 11) is 0. The van der Waals surface area contributed by atoms with E-state index in [4.69, 9.17) is 6.57 Å². The molecule has 1 atom stereocenters. The summed E-state index contributed by atoms with van der Waals surface area (Å²) in [6.45, 7) is 8.93. The minimum absolute atomic E-state index is 0.278. The summed E-state index contributed by atoms with van der Waals surface area (Å²) in [5.74, 6) is 0.714. The van der Waals surface area contributed by atoms with Crippen LogP contribution < -0.4 is 0 Å².